The molecule has 0 spiro atoms. The number of carboxylic acid groups (broad SMARTS) is 1. The van der Waals surface area contributed by atoms with E-state index < -0.39 is 17.8 Å². The number of hydrogen-bond donors (Lipinski definition) is 2. The minimum atomic E-state index is -0.943. The Labute approximate surface area is 146 Å². The first-order valence-electron chi connectivity index (χ1n) is 8.33. The van der Waals surface area contributed by atoms with Gasteiger partial charge in [0.05, 0.1) is 35.3 Å². The Morgan fingerprint density at radius 3 is 2.56 bits per heavy atom. The van der Waals surface area contributed by atoms with Crippen LogP contribution in [0.2, 0.25) is 0 Å². The highest BCUT2D eigenvalue weighted by molar-refractivity contribution is 5.97. The van der Waals surface area contributed by atoms with E-state index >= 15 is 0 Å². The molecule has 2 N–H and O–H groups in total. The third-order valence-corrected chi connectivity index (χ3v) is 4.78. The number of carbonyl (C=O) groups excluding carboxylic acids is 1. The monoisotopic (exact) mass is 340 g/mol. The van der Waals surface area contributed by atoms with Gasteiger partial charge in [-0.05, 0) is 50.3 Å². The second-order valence-electron chi connectivity index (χ2n) is 6.82. The lowest BCUT2D eigenvalue weighted by molar-refractivity contribution is -0.146. The zero-order valence-electron chi connectivity index (χ0n) is 14.1. The zero-order valence-corrected chi connectivity index (χ0v) is 14.1. The minimum absolute atomic E-state index is 0.0558. The first-order valence-corrected chi connectivity index (χ1v) is 8.33. The topological polar surface area (TPSA) is 99.4 Å². The summed E-state index contributed by atoms with van der Waals surface area (Å²) < 4.78 is 5.69. The van der Waals surface area contributed by atoms with Crippen LogP contribution in [0.15, 0.2) is 30.4 Å². The molecule has 4 atom stereocenters. The molecule has 0 aliphatic heterocycles. The highest BCUT2D eigenvalue weighted by atomic mass is 16.5. The summed E-state index contributed by atoms with van der Waals surface area (Å²) in [5.74, 6) is -2.27. The van der Waals surface area contributed by atoms with E-state index in [2.05, 4.69) is 5.32 Å². The van der Waals surface area contributed by atoms with Crippen LogP contribution in [-0.2, 0) is 9.59 Å². The number of carbonyl (C=O) groups is 2. The van der Waals surface area contributed by atoms with Crippen LogP contribution in [0.4, 0.5) is 5.69 Å². The predicted octanol–water partition coefficient (Wildman–Crippen LogP) is 2.81. The van der Waals surface area contributed by atoms with E-state index in [1.807, 2.05) is 32.1 Å². The Kier molecular flexibility index (Phi) is 4.49. The van der Waals surface area contributed by atoms with E-state index in [9.17, 15) is 14.7 Å². The smallest absolute Gasteiger partial charge is 0.307 e. The van der Waals surface area contributed by atoms with E-state index in [4.69, 9.17) is 10.00 Å². The SMILES string of the molecule is CC(C)Oc1ccc(C#N)cc1NC(=O)[C@H]1[C@H](C(=O)O)[C@H]2C=C[C@H]1C2. The zero-order chi connectivity index (χ0) is 18.1. The molecule has 6 heteroatoms. The molecule has 0 heterocycles. The molecular formula is C19H20N2O4. The Hall–Kier alpha value is -2.81. The molecule has 1 amide bonds. The number of allylic oxidation sites excluding steroid dienone is 2. The first-order chi connectivity index (χ1) is 11.9. The molecule has 6 nitrogen and oxygen atoms in total. The largest absolute Gasteiger partial charge is 0.489 e. The summed E-state index contributed by atoms with van der Waals surface area (Å²) in [4.78, 5) is 24.4. The normalized spacial score (nSPS) is 26.5. The Balaban J connectivity index is 1.86. The number of nitrogens with zero attached hydrogens (tertiary/aromatic N) is 1. The average molecular weight is 340 g/mol. The second-order valence-corrected chi connectivity index (χ2v) is 6.82. The molecule has 3 rings (SSSR count). The van der Waals surface area contributed by atoms with Crippen molar-refractivity contribution in [3.63, 3.8) is 0 Å². The van der Waals surface area contributed by atoms with Crippen LogP contribution in [-0.4, -0.2) is 23.1 Å². The molecule has 1 aromatic rings. The van der Waals surface area contributed by atoms with Crippen LogP contribution in [0.1, 0.15) is 25.8 Å². The van der Waals surface area contributed by atoms with Gasteiger partial charge in [-0.1, -0.05) is 12.2 Å². The van der Waals surface area contributed by atoms with Crippen molar-refractivity contribution in [3.05, 3.63) is 35.9 Å². The maximum absolute atomic E-state index is 12.8. The van der Waals surface area contributed by atoms with Gasteiger partial charge in [0, 0.05) is 0 Å². The summed E-state index contributed by atoms with van der Waals surface area (Å²) >= 11 is 0. The Morgan fingerprint density at radius 2 is 1.96 bits per heavy atom. The summed E-state index contributed by atoms with van der Waals surface area (Å²) in [5.41, 5.74) is 0.794. The number of fused-ring (bicyclic) bond motifs is 2. The summed E-state index contributed by atoms with van der Waals surface area (Å²) in [6.07, 6.45) is 4.44. The van der Waals surface area contributed by atoms with Gasteiger partial charge in [0.25, 0.3) is 0 Å². The average Bonchev–Trinajstić information content (AvgIpc) is 3.16. The predicted molar refractivity (Wildman–Crippen MR) is 90.9 cm³/mol. The van der Waals surface area contributed by atoms with Crippen molar-refractivity contribution in [3.8, 4) is 11.8 Å². The molecule has 130 valence electrons. The third kappa shape index (κ3) is 3.22. The molecule has 2 bridgehead atoms. The van der Waals surface area contributed by atoms with Crippen LogP contribution in [0.3, 0.4) is 0 Å². The van der Waals surface area contributed by atoms with Crippen LogP contribution >= 0.6 is 0 Å². The standard InChI is InChI=1S/C19H20N2O4/c1-10(2)25-15-6-3-11(9-20)7-14(15)21-18(22)16-12-4-5-13(8-12)17(16)19(23)24/h3-7,10,12-13,16-17H,8H2,1-2H3,(H,21,22)(H,23,24)/t12-,13-,16+,17+/m0/s1. The fourth-order valence-corrected chi connectivity index (χ4v) is 3.79. The van der Waals surface area contributed by atoms with Crippen LogP contribution in [0, 0.1) is 35.0 Å². The quantitative estimate of drug-likeness (QED) is 0.803. The highest BCUT2D eigenvalue weighted by Gasteiger charge is 2.51. The van der Waals surface area contributed by atoms with Crippen molar-refractivity contribution >= 4 is 17.6 Å². The second kappa shape index (κ2) is 6.60. The fraction of sp³-hybridized carbons (Fsp3) is 0.421. The lowest BCUT2D eigenvalue weighted by Gasteiger charge is -2.24. The Bertz CT molecular complexity index is 778. The van der Waals surface area contributed by atoms with Gasteiger partial charge in [-0.3, -0.25) is 9.59 Å². The van der Waals surface area contributed by atoms with Crippen molar-refractivity contribution in [1.82, 2.24) is 0 Å². The number of carboxylic acids is 1. The number of nitriles is 1. The number of amides is 1. The van der Waals surface area contributed by atoms with Gasteiger partial charge in [-0.2, -0.15) is 5.26 Å². The Morgan fingerprint density at radius 1 is 1.28 bits per heavy atom. The molecule has 2 aliphatic rings. The first kappa shape index (κ1) is 17.0. The number of rotatable bonds is 5. The minimum Gasteiger partial charge on any atom is -0.489 e. The third-order valence-electron chi connectivity index (χ3n) is 4.78. The van der Waals surface area contributed by atoms with Gasteiger partial charge in [0.2, 0.25) is 5.91 Å². The number of ether oxygens (including phenoxy) is 1. The van der Waals surface area contributed by atoms with Gasteiger partial charge < -0.3 is 15.2 Å². The van der Waals surface area contributed by atoms with Crippen LogP contribution in [0.25, 0.3) is 0 Å². The molecule has 0 unspecified atom stereocenters. The number of benzene rings is 1. The molecule has 25 heavy (non-hydrogen) atoms. The molecule has 1 fully saturated rings. The highest BCUT2D eigenvalue weighted by Crippen LogP contribution is 2.48. The summed E-state index contributed by atoms with van der Waals surface area (Å²) in [7, 11) is 0. The van der Waals surface area contributed by atoms with Crippen molar-refractivity contribution < 1.29 is 19.4 Å². The maximum atomic E-state index is 12.8. The van der Waals surface area contributed by atoms with E-state index in [1.54, 1.807) is 18.2 Å². The molecule has 0 radical (unpaired) electrons. The molecule has 1 aromatic carbocycles. The van der Waals surface area contributed by atoms with Crippen LogP contribution in [0.5, 0.6) is 5.75 Å². The molecule has 0 saturated heterocycles. The van der Waals surface area contributed by atoms with Gasteiger partial charge in [-0.25, -0.2) is 0 Å². The van der Waals surface area contributed by atoms with E-state index in [-0.39, 0.29) is 23.8 Å². The van der Waals surface area contributed by atoms with E-state index in [1.165, 1.54) is 0 Å². The number of aliphatic carboxylic acids is 1. The van der Waals surface area contributed by atoms with Crippen molar-refractivity contribution in [2.45, 2.75) is 26.4 Å². The molecule has 1 saturated carbocycles. The summed E-state index contributed by atoms with van der Waals surface area (Å²) in [6.45, 7) is 3.73. The number of anilines is 1. The van der Waals surface area contributed by atoms with Gasteiger partial charge in [0.15, 0.2) is 0 Å². The van der Waals surface area contributed by atoms with Crippen molar-refractivity contribution in [2.24, 2.45) is 23.7 Å². The molecule has 2 aliphatic carbocycles. The summed E-state index contributed by atoms with van der Waals surface area (Å²) in [6, 6.07) is 6.84. The van der Waals surface area contributed by atoms with E-state index in [0.29, 0.717) is 23.4 Å². The lowest BCUT2D eigenvalue weighted by atomic mass is 9.82. The van der Waals surface area contributed by atoms with Crippen molar-refractivity contribution in [2.75, 3.05) is 5.32 Å². The molecule has 0 aromatic heterocycles. The molecular weight excluding hydrogens is 320 g/mol. The van der Waals surface area contributed by atoms with Gasteiger partial charge in [0.1, 0.15) is 5.75 Å². The number of nitrogens with one attached hydrogen (secondary N) is 1. The maximum Gasteiger partial charge on any atom is 0.307 e. The van der Waals surface area contributed by atoms with Gasteiger partial charge >= 0.3 is 5.97 Å². The lowest BCUT2D eigenvalue weighted by Crippen LogP contribution is -2.36. The summed E-state index contributed by atoms with van der Waals surface area (Å²) in [5, 5.41) is 21.4. The van der Waals surface area contributed by atoms with Gasteiger partial charge in [-0.15, -0.1) is 0 Å². The van der Waals surface area contributed by atoms with Crippen molar-refractivity contribution in [1.29, 1.82) is 5.26 Å². The van der Waals surface area contributed by atoms with E-state index in [0.717, 1.165) is 0 Å². The number of hydrogen-bond acceptors (Lipinski definition) is 4. The van der Waals surface area contributed by atoms with Crippen LogP contribution < -0.4 is 10.1 Å². The fourth-order valence-electron chi connectivity index (χ4n) is 3.79.